The van der Waals surface area contributed by atoms with Crippen molar-refractivity contribution in [2.24, 2.45) is 20.5 Å². The molecule has 0 unspecified atom stereocenters. The van der Waals surface area contributed by atoms with Gasteiger partial charge < -0.3 is 39.7 Å². The minimum absolute atomic E-state index is 0.0391. The Morgan fingerprint density at radius 2 is 1.35 bits per heavy atom. The van der Waals surface area contributed by atoms with Crippen LogP contribution in [0.2, 0.25) is 0 Å². The molecular weight excluding hydrogens is 972 g/mol. The molecule has 6 rings (SSSR count). The molecule has 1 heterocycles. The number of aromatic carboxylic acids is 1. The van der Waals surface area contributed by atoms with Gasteiger partial charge in [0.2, 0.25) is 5.88 Å². The first-order valence-electron chi connectivity index (χ1n) is 18.7. The van der Waals surface area contributed by atoms with Crippen LogP contribution in [0.4, 0.5) is 38.5 Å². The number of carboxylic acids is 1. The van der Waals surface area contributed by atoms with Gasteiger partial charge in [-0.05, 0) is 42.5 Å². The molecule has 0 aliphatic carbocycles. The van der Waals surface area contributed by atoms with Crippen molar-refractivity contribution in [1.29, 1.82) is 0 Å². The molecule has 0 saturated heterocycles. The Bertz CT molecular complexity index is 3370. The Hall–Kier alpha value is -7.58. The molecule has 0 amide bonds. The van der Waals surface area contributed by atoms with Crippen molar-refractivity contribution in [3.05, 3.63) is 84.3 Å². The topological polar surface area (TPSA) is 392 Å². The molecule has 0 saturated carbocycles. The predicted molar refractivity (Wildman–Crippen MR) is 232 cm³/mol. The second kappa shape index (κ2) is 19.7. The number of azo groups is 2. The first-order chi connectivity index (χ1) is 32.0. The molecule has 30 heteroatoms. The van der Waals surface area contributed by atoms with E-state index in [1.165, 1.54) is 31.4 Å². The Morgan fingerprint density at radius 1 is 0.765 bits per heavy atom. The van der Waals surface area contributed by atoms with E-state index in [9.17, 15) is 73.6 Å². The lowest BCUT2D eigenvalue weighted by molar-refractivity contribution is 0.0690. The summed E-state index contributed by atoms with van der Waals surface area (Å²) in [4.78, 5) is 8.99. The van der Waals surface area contributed by atoms with Crippen molar-refractivity contribution in [3.8, 4) is 34.6 Å². The summed E-state index contributed by atoms with van der Waals surface area (Å²) in [5, 5.41) is 70.6. The molecule has 0 bridgehead atoms. The number of hydrazine groups is 1. The fraction of sp³-hybridized carbons (Fsp3) is 0.158. The van der Waals surface area contributed by atoms with Crippen LogP contribution in [-0.2, 0) is 30.4 Å². The summed E-state index contributed by atoms with van der Waals surface area (Å²) in [7, 11) is -13.7. The van der Waals surface area contributed by atoms with Crippen molar-refractivity contribution >= 4 is 81.2 Å². The molecule has 6 aromatic rings. The number of aliphatic hydroxyl groups excluding tert-OH is 2. The molecule has 5 aromatic carbocycles. The van der Waals surface area contributed by atoms with Gasteiger partial charge in [-0.15, -0.1) is 20.5 Å². The van der Waals surface area contributed by atoms with Crippen LogP contribution in [0.3, 0.4) is 0 Å². The Labute approximate surface area is 382 Å². The number of aromatic nitrogens is 2. The number of carbonyl (C=O) groups is 1. The number of para-hydroxylation sites is 1. The molecular formula is C38H35FN8O18S3. The van der Waals surface area contributed by atoms with Crippen molar-refractivity contribution in [1.82, 2.24) is 9.78 Å². The lowest BCUT2D eigenvalue weighted by atomic mass is 10.1. The van der Waals surface area contributed by atoms with Gasteiger partial charge in [0.1, 0.15) is 73.7 Å². The maximum atomic E-state index is 14.5. The number of ether oxygens (including phenoxy) is 3. The number of phenols is 1. The average Bonchev–Trinajstić information content (AvgIpc) is 3.63. The predicted octanol–water partition coefficient (Wildman–Crippen LogP) is 5.06. The number of nitrogens with zero attached hydrogens (tertiary/aromatic N) is 7. The number of anilines is 2. The summed E-state index contributed by atoms with van der Waals surface area (Å²) in [6.45, 7) is -1.99. The third-order valence-corrected chi connectivity index (χ3v) is 11.9. The van der Waals surface area contributed by atoms with Crippen molar-refractivity contribution < 1.29 is 87.8 Å². The van der Waals surface area contributed by atoms with Gasteiger partial charge in [0.05, 0.1) is 31.7 Å². The molecule has 0 spiro atoms. The number of nitrogens with one attached hydrogen (secondary N) is 1. The van der Waals surface area contributed by atoms with Gasteiger partial charge >= 0.3 is 5.97 Å². The van der Waals surface area contributed by atoms with E-state index in [-0.39, 0.29) is 34.3 Å². The number of hydrogen-bond donors (Lipinski definition) is 9. The highest BCUT2D eigenvalue weighted by Crippen LogP contribution is 2.47. The maximum Gasteiger partial charge on any atom is 0.358 e. The number of aliphatic hydroxyl groups is 2. The summed E-state index contributed by atoms with van der Waals surface area (Å²) in [5.74, 6) is -5.45. The van der Waals surface area contributed by atoms with Gasteiger partial charge in [-0.1, -0.05) is 12.1 Å². The van der Waals surface area contributed by atoms with Crippen LogP contribution < -0.4 is 24.6 Å². The molecule has 0 aliphatic rings. The number of halogens is 1. The number of fused-ring (bicyclic) bond motifs is 1. The highest BCUT2D eigenvalue weighted by Gasteiger charge is 2.33. The summed E-state index contributed by atoms with van der Waals surface area (Å²) in [6.07, 6.45) is 0. The molecule has 68 heavy (non-hydrogen) atoms. The number of hydrogen-bond acceptors (Lipinski definition) is 21. The summed E-state index contributed by atoms with van der Waals surface area (Å²) < 4.78 is 138. The van der Waals surface area contributed by atoms with E-state index < -0.39 is 134 Å². The number of phenolic OH excluding ortho intramolecular Hbond substituents is 1. The zero-order valence-corrected chi connectivity index (χ0v) is 37.1. The highest BCUT2D eigenvalue weighted by atomic mass is 32.2. The Kier molecular flexibility index (Phi) is 14.5. The summed E-state index contributed by atoms with van der Waals surface area (Å²) >= 11 is 0. The van der Waals surface area contributed by atoms with Gasteiger partial charge in [0, 0.05) is 36.0 Å². The molecule has 0 fully saturated rings. The SMILES string of the molecule is COc1ccc(N=Nc2cc(OCCO)c(N=Nc3c(S(=O)(=O)O)cc4c(S(=O)(=O)O)c(-n5nc(C(=O)O)c(N(C)Nc6ccccc6F)c5O)ccc4c3O)cc2OCCO)c(S(=O)(=O)O)c1. The Morgan fingerprint density at radius 3 is 1.90 bits per heavy atom. The van der Waals surface area contributed by atoms with E-state index in [2.05, 4.69) is 31.0 Å². The zero-order valence-electron chi connectivity index (χ0n) is 34.7. The molecule has 0 atom stereocenters. The fourth-order valence-corrected chi connectivity index (χ4v) is 8.43. The molecule has 0 aliphatic heterocycles. The van der Waals surface area contributed by atoms with Gasteiger partial charge in [0.25, 0.3) is 30.4 Å². The third-order valence-electron chi connectivity index (χ3n) is 9.17. The fourth-order valence-electron chi connectivity index (χ4n) is 6.28. The largest absolute Gasteiger partial charge is 0.505 e. The van der Waals surface area contributed by atoms with E-state index in [1.54, 1.807) is 0 Å². The van der Waals surface area contributed by atoms with Crippen LogP contribution in [0, 0.1) is 5.82 Å². The smallest absolute Gasteiger partial charge is 0.358 e. The number of carboxylic acid groups (broad SMARTS) is 1. The van der Waals surface area contributed by atoms with Gasteiger partial charge in [-0.25, -0.2) is 9.18 Å². The first-order valence-corrected chi connectivity index (χ1v) is 23.0. The van der Waals surface area contributed by atoms with Crippen LogP contribution >= 0.6 is 0 Å². The molecule has 1 aromatic heterocycles. The van der Waals surface area contributed by atoms with Crippen LogP contribution in [0.1, 0.15) is 10.5 Å². The standard InChI is InChI=1S/C38H35FN8O18S3/c1-46(44-23-6-4-3-5-22(23)39)34-33(38(52)53)45-47(37(34)51)27-10-8-20-21(36(27)68(60,61)62)16-31(67(57,58)59)32(35(20)50)43-42-26-18-28(64-13-11-48)25(17-29(26)65-14-12-49)41-40-24-9-7-19(63-2)15-30(24)66(54,55)56/h3-10,15-18,44,48-51H,11-14H2,1-2H3,(H,52,53)(H,54,55,56)(H,57,58,59)(H,60,61,62). The molecule has 9 N–H and O–H groups in total. The highest BCUT2D eigenvalue weighted by molar-refractivity contribution is 7.86. The number of benzene rings is 5. The quantitative estimate of drug-likeness (QED) is 0.0291. The van der Waals surface area contributed by atoms with E-state index >= 15 is 0 Å². The minimum Gasteiger partial charge on any atom is -0.505 e. The lowest BCUT2D eigenvalue weighted by Gasteiger charge is -2.21. The van der Waals surface area contributed by atoms with Crippen molar-refractivity contribution in [2.45, 2.75) is 14.7 Å². The number of methoxy groups -OCH3 is 1. The lowest BCUT2D eigenvalue weighted by Crippen LogP contribution is -2.26. The van der Waals surface area contributed by atoms with Crippen LogP contribution in [0.25, 0.3) is 16.5 Å². The monoisotopic (exact) mass is 1010 g/mol. The van der Waals surface area contributed by atoms with E-state index in [0.717, 1.165) is 54.5 Å². The molecule has 0 radical (unpaired) electrons. The average molecular weight is 1010 g/mol. The summed E-state index contributed by atoms with van der Waals surface area (Å²) in [6, 6.07) is 12.8. The van der Waals surface area contributed by atoms with Crippen LogP contribution in [0.5, 0.6) is 28.9 Å². The molecule has 360 valence electrons. The zero-order chi connectivity index (χ0) is 49.9. The van der Waals surface area contributed by atoms with E-state index in [1.807, 2.05) is 0 Å². The van der Waals surface area contributed by atoms with Crippen molar-refractivity contribution in [2.75, 3.05) is 51.0 Å². The van der Waals surface area contributed by atoms with Crippen LogP contribution in [-0.4, -0.2) is 121 Å². The molecule has 26 nitrogen and oxygen atoms in total. The van der Waals surface area contributed by atoms with Gasteiger partial charge in [-0.2, -0.15) is 35.0 Å². The third kappa shape index (κ3) is 10.5. The minimum atomic E-state index is -5.61. The van der Waals surface area contributed by atoms with Crippen molar-refractivity contribution in [3.63, 3.8) is 0 Å². The van der Waals surface area contributed by atoms with Gasteiger partial charge in [0.15, 0.2) is 17.1 Å². The van der Waals surface area contributed by atoms with E-state index in [0.29, 0.717) is 10.7 Å². The normalized spacial score (nSPS) is 12.2. The second-order valence-electron chi connectivity index (χ2n) is 13.6. The number of aromatic hydroxyl groups is 2. The van der Waals surface area contributed by atoms with Gasteiger partial charge in [-0.3, -0.25) is 24.1 Å². The number of rotatable bonds is 19. The summed E-state index contributed by atoms with van der Waals surface area (Å²) in [5.41, 5.74) is -2.21. The van der Waals surface area contributed by atoms with Crippen LogP contribution in [0.15, 0.2) is 108 Å². The maximum absolute atomic E-state index is 14.5. The van der Waals surface area contributed by atoms with E-state index in [4.69, 9.17) is 14.2 Å². The Balaban J connectivity index is 1.53. The first kappa shape index (κ1) is 49.8. The second-order valence-corrected chi connectivity index (χ2v) is 17.7.